The van der Waals surface area contributed by atoms with Crippen LogP contribution in [-0.2, 0) is 4.79 Å². The summed E-state index contributed by atoms with van der Waals surface area (Å²) in [6.45, 7) is 4.88. The molecule has 2 fully saturated rings. The summed E-state index contributed by atoms with van der Waals surface area (Å²) in [5.74, 6) is 1.18. The van der Waals surface area contributed by atoms with Gasteiger partial charge in [0.25, 0.3) is 0 Å². The molecule has 0 unspecified atom stereocenters. The standard InChI is InChI=1S/C20H38N2O/c1-22(16-7-3-8-17-22)18-9-6-15-21-20(23)14-10-13-19-11-4-2-5-12-19/h19H,2-18H2,1H3/p+1. The van der Waals surface area contributed by atoms with E-state index in [1.54, 1.807) is 0 Å². The molecule has 2 aliphatic rings. The van der Waals surface area contributed by atoms with Gasteiger partial charge in [0.1, 0.15) is 0 Å². The summed E-state index contributed by atoms with van der Waals surface area (Å²) in [5.41, 5.74) is 0. The second-order valence-electron chi connectivity index (χ2n) is 8.30. The third kappa shape index (κ3) is 7.69. The van der Waals surface area contributed by atoms with Crippen molar-refractivity contribution < 1.29 is 9.28 Å². The molecule has 2 rings (SSSR count). The summed E-state index contributed by atoms with van der Waals surface area (Å²) in [5, 5.41) is 3.12. The van der Waals surface area contributed by atoms with Crippen LogP contribution in [0.3, 0.4) is 0 Å². The molecule has 3 heteroatoms. The first-order chi connectivity index (χ1) is 11.2. The second kappa shape index (κ2) is 10.3. The molecule has 23 heavy (non-hydrogen) atoms. The van der Waals surface area contributed by atoms with E-state index in [9.17, 15) is 4.79 Å². The first-order valence-corrected chi connectivity index (χ1v) is 10.3. The normalized spacial score (nSPS) is 22.0. The zero-order valence-corrected chi connectivity index (χ0v) is 15.5. The first-order valence-electron chi connectivity index (χ1n) is 10.3. The highest BCUT2D eigenvalue weighted by atomic mass is 16.1. The van der Waals surface area contributed by atoms with Crippen LogP contribution in [0.2, 0.25) is 0 Å². The molecule has 1 aliphatic carbocycles. The minimum absolute atomic E-state index is 0.277. The van der Waals surface area contributed by atoms with Gasteiger partial charge in [-0.15, -0.1) is 0 Å². The third-order valence-corrected chi connectivity index (χ3v) is 6.08. The lowest BCUT2D eigenvalue weighted by Gasteiger charge is -2.37. The van der Waals surface area contributed by atoms with Crippen molar-refractivity contribution in [2.45, 2.75) is 83.5 Å². The van der Waals surface area contributed by atoms with Gasteiger partial charge in [-0.25, -0.2) is 0 Å². The number of piperidine rings is 1. The maximum Gasteiger partial charge on any atom is 0.219 e. The van der Waals surface area contributed by atoms with Crippen LogP contribution in [0, 0.1) is 5.92 Å². The molecule has 134 valence electrons. The van der Waals surface area contributed by atoms with Crippen LogP contribution in [0.5, 0.6) is 0 Å². The van der Waals surface area contributed by atoms with Gasteiger partial charge in [0.15, 0.2) is 0 Å². The largest absolute Gasteiger partial charge is 0.356 e. The molecule has 0 aromatic heterocycles. The third-order valence-electron chi connectivity index (χ3n) is 6.08. The maximum absolute atomic E-state index is 11.9. The summed E-state index contributed by atoms with van der Waals surface area (Å²) in [7, 11) is 2.41. The van der Waals surface area contributed by atoms with Crippen LogP contribution in [0.15, 0.2) is 0 Å². The van der Waals surface area contributed by atoms with Crippen molar-refractivity contribution in [1.82, 2.24) is 5.32 Å². The van der Waals surface area contributed by atoms with E-state index in [-0.39, 0.29) is 5.91 Å². The van der Waals surface area contributed by atoms with Gasteiger partial charge in [-0.05, 0) is 50.9 Å². The van der Waals surface area contributed by atoms with E-state index in [0.717, 1.165) is 31.7 Å². The highest BCUT2D eigenvalue weighted by molar-refractivity contribution is 5.75. The van der Waals surface area contributed by atoms with E-state index < -0.39 is 0 Å². The number of hydrogen-bond donors (Lipinski definition) is 1. The molecule has 1 N–H and O–H groups in total. The molecule has 0 radical (unpaired) electrons. The number of quaternary nitrogens is 1. The molecule has 0 atom stereocenters. The van der Waals surface area contributed by atoms with Crippen molar-refractivity contribution in [1.29, 1.82) is 0 Å². The molecule has 0 bridgehead atoms. The Morgan fingerprint density at radius 2 is 1.65 bits per heavy atom. The second-order valence-corrected chi connectivity index (χ2v) is 8.30. The summed E-state index contributed by atoms with van der Waals surface area (Å²) >= 11 is 0. The predicted octanol–water partition coefficient (Wildman–Crippen LogP) is 4.26. The van der Waals surface area contributed by atoms with Crippen LogP contribution in [0.4, 0.5) is 0 Å². The molecular formula is C20H39N2O+. The highest BCUT2D eigenvalue weighted by Crippen LogP contribution is 2.27. The number of hydrogen-bond acceptors (Lipinski definition) is 1. The number of carbonyl (C=O) groups is 1. The van der Waals surface area contributed by atoms with Gasteiger partial charge in [0, 0.05) is 13.0 Å². The van der Waals surface area contributed by atoms with Crippen molar-refractivity contribution in [3.8, 4) is 0 Å². The molecular weight excluding hydrogens is 284 g/mol. The Labute approximate surface area is 143 Å². The Bertz CT molecular complexity index is 331. The Balaban J connectivity index is 1.43. The summed E-state index contributed by atoms with van der Waals surface area (Å²) in [4.78, 5) is 11.9. The quantitative estimate of drug-likeness (QED) is 0.498. The van der Waals surface area contributed by atoms with Gasteiger partial charge < -0.3 is 9.80 Å². The van der Waals surface area contributed by atoms with Crippen molar-refractivity contribution in [2.75, 3.05) is 33.2 Å². The van der Waals surface area contributed by atoms with Gasteiger partial charge in [-0.3, -0.25) is 4.79 Å². The van der Waals surface area contributed by atoms with Gasteiger partial charge in [0.05, 0.1) is 26.7 Å². The fraction of sp³-hybridized carbons (Fsp3) is 0.950. The zero-order valence-electron chi connectivity index (χ0n) is 15.5. The van der Waals surface area contributed by atoms with Crippen LogP contribution >= 0.6 is 0 Å². The number of amides is 1. The minimum Gasteiger partial charge on any atom is -0.356 e. The fourth-order valence-corrected chi connectivity index (χ4v) is 4.46. The lowest BCUT2D eigenvalue weighted by Crippen LogP contribution is -2.48. The average Bonchev–Trinajstić information content (AvgIpc) is 2.56. The number of rotatable bonds is 9. The molecule has 3 nitrogen and oxygen atoms in total. The topological polar surface area (TPSA) is 29.1 Å². The number of nitrogens with zero attached hydrogens (tertiary/aromatic N) is 1. The number of nitrogens with one attached hydrogen (secondary N) is 1. The first kappa shape index (κ1) is 18.8. The minimum atomic E-state index is 0.277. The SMILES string of the molecule is C[N+]1(CCCCNC(=O)CCCC2CCCCC2)CCCCC1. The van der Waals surface area contributed by atoms with Crippen molar-refractivity contribution in [3.05, 3.63) is 0 Å². The predicted molar refractivity (Wildman–Crippen MR) is 97.3 cm³/mol. The monoisotopic (exact) mass is 323 g/mol. The highest BCUT2D eigenvalue weighted by Gasteiger charge is 2.23. The van der Waals surface area contributed by atoms with Crippen LogP contribution in [0.1, 0.15) is 83.5 Å². The van der Waals surface area contributed by atoms with Crippen molar-refractivity contribution in [3.63, 3.8) is 0 Å². The molecule has 1 saturated carbocycles. The van der Waals surface area contributed by atoms with E-state index in [0.29, 0.717) is 0 Å². The maximum atomic E-state index is 11.9. The van der Waals surface area contributed by atoms with E-state index in [4.69, 9.17) is 0 Å². The molecule has 0 spiro atoms. The Kier molecular flexibility index (Phi) is 8.43. The van der Waals surface area contributed by atoms with Crippen LogP contribution < -0.4 is 5.32 Å². The molecule has 0 aromatic carbocycles. The Hall–Kier alpha value is -0.570. The average molecular weight is 324 g/mol. The number of unbranched alkanes of at least 4 members (excludes halogenated alkanes) is 1. The van der Waals surface area contributed by atoms with Gasteiger partial charge in [-0.1, -0.05) is 32.1 Å². The lowest BCUT2D eigenvalue weighted by atomic mass is 9.86. The Morgan fingerprint density at radius 1 is 0.957 bits per heavy atom. The van der Waals surface area contributed by atoms with Crippen molar-refractivity contribution in [2.24, 2.45) is 5.92 Å². The Morgan fingerprint density at radius 3 is 2.39 bits per heavy atom. The number of carbonyl (C=O) groups excluding carboxylic acids is 1. The summed E-state index contributed by atoms with van der Waals surface area (Å²) in [6.07, 6.45) is 16.8. The van der Waals surface area contributed by atoms with E-state index in [1.165, 1.54) is 88.3 Å². The van der Waals surface area contributed by atoms with Crippen molar-refractivity contribution >= 4 is 5.91 Å². The summed E-state index contributed by atoms with van der Waals surface area (Å²) in [6, 6.07) is 0. The van der Waals surface area contributed by atoms with Gasteiger partial charge in [0.2, 0.25) is 5.91 Å². The fourth-order valence-electron chi connectivity index (χ4n) is 4.46. The van der Waals surface area contributed by atoms with Crippen LogP contribution in [0.25, 0.3) is 0 Å². The summed E-state index contributed by atoms with van der Waals surface area (Å²) < 4.78 is 1.26. The molecule has 1 saturated heterocycles. The lowest BCUT2D eigenvalue weighted by molar-refractivity contribution is -0.914. The van der Waals surface area contributed by atoms with Crippen LogP contribution in [-0.4, -0.2) is 43.6 Å². The number of likely N-dealkylation sites (tertiary alicyclic amines) is 1. The molecule has 1 heterocycles. The van der Waals surface area contributed by atoms with E-state index in [2.05, 4.69) is 12.4 Å². The van der Waals surface area contributed by atoms with E-state index in [1.807, 2.05) is 0 Å². The smallest absolute Gasteiger partial charge is 0.219 e. The molecule has 1 amide bonds. The van der Waals surface area contributed by atoms with Gasteiger partial charge in [-0.2, -0.15) is 0 Å². The molecule has 0 aromatic rings. The van der Waals surface area contributed by atoms with E-state index >= 15 is 0 Å². The van der Waals surface area contributed by atoms with Gasteiger partial charge >= 0.3 is 0 Å². The zero-order chi connectivity index (χ0) is 16.4. The molecule has 1 aliphatic heterocycles.